The van der Waals surface area contributed by atoms with E-state index in [4.69, 9.17) is 16.3 Å². The zero-order valence-corrected chi connectivity index (χ0v) is 11.6. The first-order valence-electron chi connectivity index (χ1n) is 6.33. The van der Waals surface area contributed by atoms with Crippen molar-refractivity contribution in [1.82, 2.24) is 0 Å². The Morgan fingerprint density at radius 3 is 2.55 bits per heavy atom. The van der Waals surface area contributed by atoms with Gasteiger partial charge in [0.1, 0.15) is 5.75 Å². The number of hydrogen-bond acceptors (Lipinski definition) is 2. The van der Waals surface area contributed by atoms with Crippen LogP contribution in [0.1, 0.15) is 17.9 Å². The predicted molar refractivity (Wildman–Crippen MR) is 78.4 cm³/mol. The lowest BCUT2D eigenvalue weighted by molar-refractivity contribution is -0.139. The molecule has 104 valence electrons. The van der Waals surface area contributed by atoms with Crippen LogP contribution < -0.4 is 4.74 Å². The number of carbonyl (C=O) groups is 1. The van der Waals surface area contributed by atoms with Gasteiger partial charge in [-0.25, -0.2) is 0 Å². The molecule has 0 radical (unpaired) electrons. The van der Waals surface area contributed by atoms with Crippen LogP contribution in [-0.4, -0.2) is 17.7 Å². The van der Waals surface area contributed by atoms with E-state index in [0.29, 0.717) is 23.6 Å². The summed E-state index contributed by atoms with van der Waals surface area (Å²) < 4.78 is 5.54. The molecule has 0 aliphatic heterocycles. The van der Waals surface area contributed by atoms with Gasteiger partial charge < -0.3 is 9.84 Å². The highest BCUT2D eigenvalue weighted by Gasteiger charge is 2.20. The Kier molecular flexibility index (Phi) is 5.02. The molecule has 0 aromatic heterocycles. The third-order valence-electron chi connectivity index (χ3n) is 2.97. The summed E-state index contributed by atoms with van der Waals surface area (Å²) in [6.45, 7) is 0.341. The molecule has 1 unspecified atom stereocenters. The van der Waals surface area contributed by atoms with Gasteiger partial charge in [-0.1, -0.05) is 41.9 Å². The van der Waals surface area contributed by atoms with Gasteiger partial charge in [0.25, 0.3) is 0 Å². The molecular formula is C16H15ClO3. The maximum Gasteiger partial charge on any atom is 0.311 e. The molecule has 0 saturated carbocycles. The zero-order valence-electron chi connectivity index (χ0n) is 10.8. The van der Waals surface area contributed by atoms with Crippen LogP contribution >= 0.6 is 11.6 Å². The van der Waals surface area contributed by atoms with E-state index >= 15 is 0 Å². The van der Waals surface area contributed by atoms with Gasteiger partial charge in [0.05, 0.1) is 12.5 Å². The second-order valence-electron chi connectivity index (χ2n) is 4.40. The van der Waals surface area contributed by atoms with E-state index in [9.17, 15) is 9.90 Å². The molecule has 0 saturated heterocycles. The van der Waals surface area contributed by atoms with Crippen LogP contribution in [0.15, 0.2) is 54.6 Å². The van der Waals surface area contributed by atoms with Crippen molar-refractivity contribution < 1.29 is 14.6 Å². The molecule has 0 spiro atoms. The molecule has 20 heavy (non-hydrogen) atoms. The number of hydrogen-bond donors (Lipinski definition) is 1. The average Bonchev–Trinajstić information content (AvgIpc) is 2.44. The van der Waals surface area contributed by atoms with Gasteiger partial charge in [-0.2, -0.15) is 0 Å². The highest BCUT2D eigenvalue weighted by atomic mass is 35.5. The Labute approximate surface area is 122 Å². The molecule has 4 heteroatoms. The molecule has 0 aliphatic rings. The van der Waals surface area contributed by atoms with E-state index in [1.807, 2.05) is 30.3 Å². The molecule has 1 N–H and O–H groups in total. The van der Waals surface area contributed by atoms with E-state index in [-0.39, 0.29) is 0 Å². The Balaban J connectivity index is 1.98. The van der Waals surface area contributed by atoms with Crippen LogP contribution in [0.5, 0.6) is 5.75 Å². The van der Waals surface area contributed by atoms with Crippen LogP contribution in [0.3, 0.4) is 0 Å². The maximum atomic E-state index is 11.4. The quantitative estimate of drug-likeness (QED) is 0.875. The Bertz CT molecular complexity index is 569. The van der Waals surface area contributed by atoms with Gasteiger partial charge in [0.15, 0.2) is 0 Å². The summed E-state index contributed by atoms with van der Waals surface area (Å²) in [5.41, 5.74) is 0.696. The van der Waals surface area contributed by atoms with Crippen molar-refractivity contribution in [3.63, 3.8) is 0 Å². The van der Waals surface area contributed by atoms with Crippen molar-refractivity contribution in [2.45, 2.75) is 12.3 Å². The first-order chi connectivity index (χ1) is 9.66. The number of rotatable bonds is 6. The number of carboxylic acids is 1. The van der Waals surface area contributed by atoms with Crippen LogP contribution in [0, 0.1) is 0 Å². The number of aliphatic carboxylic acids is 1. The summed E-state index contributed by atoms with van der Waals surface area (Å²) in [4.78, 5) is 11.4. The molecule has 1 atom stereocenters. The second-order valence-corrected chi connectivity index (χ2v) is 4.83. The largest absolute Gasteiger partial charge is 0.494 e. The van der Waals surface area contributed by atoms with Crippen LogP contribution in [0.4, 0.5) is 0 Å². The van der Waals surface area contributed by atoms with E-state index in [2.05, 4.69) is 0 Å². The number of ether oxygens (including phenoxy) is 1. The standard InChI is InChI=1S/C16H15ClO3/c17-13-6-4-5-12(11-13)15(16(18)19)9-10-20-14-7-2-1-3-8-14/h1-8,11,15H,9-10H2,(H,18,19). The first kappa shape index (κ1) is 14.4. The summed E-state index contributed by atoms with van der Waals surface area (Å²) in [5, 5.41) is 9.86. The third-order valence-corrected chi connectivity index (χ3v) is 3.20. The third kappa shape index (κ3) is 4.00. The molecular weight excluding hydrogens is 276 g/mol. The minimum Gasteiger partial charge on any atom is -0.494 e. The summed E-state index contributed by atoms with van der Waals surface area (Å²) in [7, 11) is 0. The molecule has 2 aromatic carbocycles. The van der Waals surface area contributed by atoms with Crippen LogP contribution in [0.25, 0.3) is 0 Å². The monoisotopic (exact) mass is 290 g/mol. The summed E-state index contributed by atoms with van der Waals surface area (Å²) >= 11 is 5.90. The number of benzene rings is 2. The van der Waals surface area contributed by atoms with Gasteiger partial charge in [0, 0.05) is 5.02 Å². The van der Waals surface area contributed by atoms with Gasteiger partial charge in [-0.3, -0.25) is 4.79 Å². The SMILES string of the molecule is O=C(O)C(CCOc1ccccc1)c1cccc(Cl)c1. The Hall–Kier alpha value is -2.00. The van der Waals surface area contributed by atoms with Crippen molar-refractivity contribution in [2.24, 2.45) is 0 Å². The highest BCUT2D eigenvalue weighted by molar-refractivity contribution is 6.30. The normalized spacial score (nSPS) is 11.8. The fourth-order valence-corrected chi connectivity index (χ4v) is 2.17. The zero-order chi connectivity index (χ0) is 14.4. The van der Waals surface area contributed by atoms with E-state index in [1.165, 1.54) is 0 Å². The molecule has 0 heterocycles. The lowest BCUT2D eigenvalue weighted by atomic mass is 9.96. The van der Waals surface area contributed by atoms with Gasteiger partial charge in [0.2, 0.25) is 0 Å². The molecule has 2 rings (SSSR count). The molecule has 3 nitrogen and oxygen atoms in total. The summed E-state index contributed by atoms with van der Waals surface area (Å²) in [6, 6.07) is 16.3. The Morgan fingerprint density at radius 1 is 1.15 bits per heavy atom. The topological polar surface area (TPSA) is 46.5 Å². The Morgan fingerprint density at radius 2 is 1.90 bits per heavy atom. The summed E-state index contributed by atoms with van der Waals surface area (Å²) in [5.74, 6) is -0.746. The number of para-hydroxylation sites is 1. The maximum absolute atomic E-state index is 11.4. The van der Waals surface area contributed by atoms with E-state index in [1.54, 1.807) is 24.3 Å². The molecule has 0 fully saturated rings. The molecule has 0 amide bonds. The predicted octanol–water partition coefficient (Wildman–Crippen LogP) is 3.98. The van der Waals surface area contributed by atoms with Crippen molar-refractivity contribution >= 4 is 17.6 Å². The van der Waals surface area contributed by atoms with Gasteiger partial charge in [-0.15, -0.1) is 0 Å². The van der Waals surface area contributed by atoms with Crippen molar-refractivity contribution in [3.05, 3.63) is 65.2 Å². The summed E-state index contributed by atoms with van der Waals surface area (Å²) in [6.07, 6.45) is 0.393. The highest BCUT2D eigenvalue weighted by Crippen LogP contribution is 2.23. The van der Waals surface area contributed by atoms with Crippen molar-refractivity contribution in [3.8, 4) is 5.75 Å². The minimum absolute atomic E-state index is 0.341. The van der Waals surface area contributed by atoms with E-state index < -0.39 is 11.9 Å². The fourth-order valence-electron chi connectivity index (χ4n) is 1.97. The van der Waals surface area contributed by atoms with Crippen molar-refractivity contribution in [2.75, 3.05) is 6.61 Å². The van der Waals surface area contributed by atoms with Gasteiger partial charge >= 0.3 is 5.97 Å². The van der Waals surface area contributed by atoms with Gasteiger partial charge in [-0.05, 0) is 36.2 Å². The first-order valence-corrected chi connectivity index (χ1v) is 6.71. The molecule has 0 aliphatic carbocycles. The van der Waals surface area contributed by atoms with Crippen molar-refractivity contribution in [1.29, 1.82) is 0 Å². The second kappa shape index (κ2) is 6.96. The fraction of sp³-hybridized carbons (Fsp3) is 0.188. The average molecular weight is 291 g/mol. The van der Waals surface area contributed by atoms with Crippen LogP contribution in [0.2, 0.25) is 5.02 Å². The molecule has 0 bridgehead atoms. The van der Waals surface area contributed by atoms with Crippen LogP contribution in [-0.2, 0) is 4.79 Å². The lowest BCUT2D eigenvalue weighted by Gasteiger charge is -2.13. The lowest BCUT2D eigenvalue weighted by Crippen LogP contribution is -2.15. The smallest absolute Gasteiger partial charge is 0.311 e. The minimum atomic E-state index is -0.871. The van der Waals surface area contributed by atoms with E-state index in [0.717, 1.165) is 5.75 Å². The number of halogens is 1. The number of carboxylic acid groups (broad SMARTS) is 1. The molecule has 2 aromatic rings.